The van der Waals surface area contributed by atoms with Crippen LogP contribution in [0.4, 0.5) is 4.39 Å². The number of carbonyl (C=O) groups is 1. The molecule has 2 atom stereocenters. The number of benzene rings is 1. The molecule has 0 aromatic heterocycles. The Balaban J connectivity index is 2.13. The van der Waals surface area contributed by atoms with Gasteiger partial charge in [-0.1, -0.05) is 0 Å². The zero-order valence-corrected chi connectivity index (χ0v) is 13.4. The van der Waals surface area contributed by atoms with E-state index in [2.05, 4.69) is 0 Å². The summed E-state index contributed by atoms with van der Waals surface area (Å²) in [6.07, 6.45) is 0.152. The average molecular weight is 340 g/mol. The zero-order valence-electron chi connectivity index (χ0n) is 12.6. The first-order valence-electron chi connectivity index (χ1n) is 7.20. The standard InChI is InChI=1S/C15H17FN2O4S/c1-11(9-17)22-15(19)12-3-2-8-18(10-12)23(20,21)14-6-4-13(16)5-7-14/h4-7,11-12H,2-3,8,10H2,1H3/t11-,12-/m1/s1. The highest BCUT2D eigenvalue weighted by molar-refractivity contribution is 7.89. The third kappa shape index (κ3) is 4.06. The fraction of sp³-hybridized carbons (Fsp3) is 0.467. The topological polar surface area (TPSA) is 87.5 Å². The minimum absolute atomic E-state index is 0.00328. The molecular formula is C15H17FN2O4S. The Morgan fingerprint density at radius 3 is 2.70 bits per heavy atom. The number of hydrogen-bond acceptors (Lipinski definition) is 5. The van der Waals surface area contributed by atoms with E-state index in [1.54, 1.807) is 6.07 Å². The smallest absolute Gasteiger partial charge is 0.311 e. The molecule has 8 heteroatoms. The molecule has 1 saturated heterocycles. The quantitative estimate of drug-likeness (QED) is 0.778. The summed E-state index contributed by atoms with van der Waals surface area (Å²) in [6.45, 7) is 1.74. The van der Waals surface area contributed by atoms with Gasteiger partial charge in [0.05, 0.1) is 10.8 Å². The SMILES string of the molecule is C[C@H](C#N)OC(=O)[C@@H]1CCCN(S(=O)(=O)c2ccc(F)cc2)C1. The van der Waals surface area contributed by atoms with Crippen LogP contribution in [-0.2, 0) is 19.6 Å². The number of nitrogens with zero attached hydrogens (tertiary/aromatic N) is 2. The van der Waals surface area contributed by atoms with Crippen LogP contribution in [0.3, 0.4) is 0 Å². The molecule has 1 aliphatic heterocycles. The molecule has 0 aliphatic carbocycles. The summed E-state index contributed by atoms with van der Waals surface area (Å²) in [7, 11) is -3.79. The fourth-order valence-electron chi connectivity index (χ4n) is 2.41. The van der Waals surface area contributed by atoms with Crippen molar-refractivity contribution in [2.45, 2.75) is 30.8 Å². The van der Waals surface area contributed by atoms with Crippen molar-refractivity contribution in [3.63, 3.8) is 0 Å². The Labute approximate surface area is 134 Å². The number of carbonyl (C=O) groups excluding carboxylic acids is 1. The number of esters is 1. The monoisotopic (exact) mass is 340 g/mol. The van der Waals surface area contributed by atoms with Gasteiger partial charge in [-0.15, -0.1) is 0 Å². The minimum Gasteiger partial charge on any atom is -0.447 e. The molecule has 1 aromatic rings. The molecule has 1 aromatic carbocycles. The maximum absolute atomic E-state index is 12.9. The molecule has 0 amide bonds. The number of sulfonamides is 1. The van der Waals surface area contributed by atoms with Gasteiger partial charge in [0, 0.05) is 13.1 Å². The van der Waals surface area contributed by atoms with Gasteiger partial charge in [0.15, 0.2) is 6.10 Å². The van der Waals surface area contributed by atoms with Crippen LogP contribution in [0.15, 0.2) is 29.2 Å². The van der Waals surface area contributed by atoms with Crippen LogP contribution in [0.25, 0.3) is 0 Å². The number of piperidine rings is 1. The Morgan fingerprint density at radius 1 is 1.43 bits per heavy atom. The fourth-order valence-corrected chi connectivity index (χ4v) is 3.93. The molecule has 0 unspecified atom stereocenters. The molecule has 1 heterocycles. The summed E-state index contributed by atoms with van der Waals surface area (Å²) in [5.41, 5.74) is 0. The highest BCUT2D eigenvalue weighted by Crippen LogP contribution is 2.25. The third-order valence-electron chi connectivity index (χ3n) is 3.64. The summed E-state index contributed by atoms with van der Waals surface area (Å²) >= 11 is 0. The van der Waals surface area contributed by atoms with E-state index in [9.17, 15) is 17.6 Å². The Kier molecular flexibility index (Phi) is 5.34. The molecular weight excluding hydrogens is 323 g/mol. The first-order valence-corrected chi connectivity index (χ1v) is 8.64. The van der Waals surface area contributed by atoms with Crippen molar-refractivity contribution in [3.05, 3.63) is 30.1 Å². The number of ether oxygens (including phenoxy) is 1. The van der Waals surface area contributed by atoms with E-state index < -0.39 is 33.8 Å². The molecule has 0 spiro atoms. The van der Waals surface area contributed by atoms with Crippen molar-refractivity contribution in [2.75, 3.05) is 13.1 Å². The summed E-state index contributed by atoms with van der Waals surface area (Å²) in [6, 6.07) is 6.36. The lowest BCUT2D eigenvalue weighted by Gasteiger charge is -2.30. The summed E-state index contributed by atoms with van der Waals surface area (Å²) < 4.78 is 44.2. The van der Waals surface area contributed by atoms with Crippen LogP contribution in [-0.4, -0.2) is 37.9 Å². The number of hydrogen-bond donors (Lipinski definition) is 0. The van der Waals surface area contributed by atoms with Crippen LogP contribution in [0.1, 0.15) is 19.8 Å². The highest BCUT2D eigenvalue weighted by Gasteiger charge is 2.34. The number of nitriles is 1. The number of rotatable bonds is 4. The summed E-state index contributed by atoms with van der Waals surface area (Å²) in [5.74, 6) is -1.69. The van der Waals surface area contributed by atoms with Gasteiger partial charge in [0.2, 0.25) is 10.0 Å². The van der Waals surface area contributed by atoms with E-state index in [0.29, 0.717) is 12.8 Å². The van der Waals surface area contributed by atoms with E-state index in [4.69, 9.17) is 10.00 Å². The van der Waals surface area contributed by atoms with Crippen molar-refractivity contribution in [3.8, 4) is 6.07 Å². The van der Waals surface area contributed by atoms with Crippen LogP contribution < -0.4 is 0 Å². The van der Waals surface area contributed by atoms with Crippen molar-refractivity contribution in [1.82, 2.24) is 4.31 Å². The van der Waals surface area contributed by atoms with Crippen LogP contribution in [0.2, 0.25) is 0 Å². The molecule has 0 N–H and O–H groups in total. The van der Waals surface area contributed by atoms with Crippen molar-refractivity contribution in [2.24, 2.45) is 5.92 Å². The third-order valence-corrected chi connectivity index (χ3v) is 5.52. The lowest BCUT2D eigenvalue weighted by atomic mass is 10.00. The number of halogens is 1. The van der Waals surface area contributed by atoms with Gasteiger partial charge in [0.1, 0.15) is 11.9 Å². The van der Waals surface area contributed by atoms with Gasteiger partial charge in [-0.2, -0.15) is 9.57 Å². The minimum atomic E-state index is -3.79. The average Bonchev–Trinajstić information content (AvgIpc) is 2.55. The van der Waals surface area contributed by atoms with Gasteiger partial charge in [-0.05, 0) is 44.0 Å². The lowest BCUT2D eigenvalue weighted by molar-refractivity contribution is -0.152. The van der Waals surface area contributed by atoms with Gasteiger partial charge in [0.25, 0.3) is 0 Å². The lowest BCUT2D eigenvalue weighted by Crippen LogP contribution is -2.43. The van der Waals surface area contributed by atoms with E-state index in [0.717, 1.165) is 12.1 Å². The van der Waals surface area contributed by atoms with Crippen molar-refractivity contribution >= 4 is 16.0 Å². The van der Waals surface area contributed by atoms with E-state index in [1.165, 1.54) is 23.4 Å². The van der Waals surface area contributed by atoms with Crippen molar-refractivity contribution < 1.29 is 22.3 Å². The van der Waals surface area contributed by atoms with Crippen molar-refractivity contribution in [1.29, 1.82) is 5.26 Å². The van der Waals surface area contributed by atoms with E-state index in [1.807, 2.05) is 0 Å². The molecule has 23 heavy (non-hydrogen) atoms. The summed E-state index contributed by atoms with van der Waals surface area (Å²) in [4.78, 5) is 12.0. The van der Waals surface area contributed by atoms with Gasteiger partial charge >= 0.3 is 5.97 Å². The molecule has 0 bridgehead atoms. The first kappa shape index (κ1) is 17.4. The molecule has 1 fully saturated rings. The summed E-state index contributed by atoms with van der Waals surface area (Å²) in [5, 5.41) is 8.67. The second-order valence-corrected chi connectivity index (χ2v) is 7.30. The van der Waals surface area contributed by atoms with Crippen LogP contribution in [0.5, 0.6) is 0 Å². The predicted molar refractivity (Wildman–Crippen MR) is 79.0 cm³/mol. The van der Waals surface area contributed by atoms with Gasteiger partial charge in [-0.3, -0.25) is 4.79 Å². The Morgan fingerprint density at radius 2 is 2.09 bits per heavy atom. The molecule has 0 saturated carbocycles. The molecule has 2 rings (SSSR count). The second kappa shape index (κ2) is 7.06. The van der Waals surface area contributed by atoms with Gasteiger partial charge < -0.3 is 4.74 Å². The first-order chi connectivity index (χ1) is 10.8. The maximum atomic E-state index is 12.9. The van der Waals surface area contributed by atoms with Crippen LogP contribution >= 0.6 is 0 Å². The molecule has 124 valence electrons. The molecule has 6 nitrogen and oxygen atoms in total. The Hall–Kier alpha value is -1.98. The maximum Gasteiger partial charge on any atom is 0.311 e. The molecule has 1 aliphatic rings. The van der Waals surface area contributed by atoms with Crippen LogP contribution in [0, 0.1) is 23.1 Å². The predicted octanol–water partition coefficient (Wildman–Crippen LogP) is 1.68. The molecule has 0 radical (unpaired) electrons. The largest absolute Gasteiger partial charge is 0.447 e. The van der Waals surface area contributed by atoms with E-state index >= 15 is 0 Å². The Bertz CT molecular complexity index is 712. The normalized spacial score (nSPS) is 20.5. The second-order valence-electron chi connectivity index (χ2n) is 5.36. The zero-order chi connectivity index (χ0) is 17.0. The highest BCUT2D eigenvalue weighted by atomic mass is 32.2. The van der Waals surface area contributed by atoms with Gasteiger partial charge in [-0.25, -0.2) is 12.8 Å². The van der Waals surface area contributed by atoms with E-state index in [-0.39, 0.29) is 18.0 Å².